The van der Waals surface area contributed by atoms with Crippen LogP contribution in [0, 0.1) is 10.1 Å². The molecule has 0 aliphatic rings. The Bertz CT molecular complexity index is 1100. The van der Waals surface area contributed by atoms with Crippen LogP contribution in [0.1, 0.15) is 11.1 Å². The van der Waals surface area contributed by atoms with Crippen LogP contribution in [-0.4, -0.2) is 55.0 Å². The Kier molecular flexibility index (Phi) is 12.5. The predicted octanol–water partition coefficient (Wildman–Crippen LogP) is 7.92. The highest BCUT2D eigenvalue weighted by Gasteiger charge is 2.17. The summed E-state index contributed by atoms with van der Waals surface area (Å²) in [7, 11) is -0.792. The third kappa shape index (κ3) is 11.7. The number of ether oxygens (including phenoxy) is 5. The van der Waals surface area contributed by atoms with E-state index in [9.17, 15) is 10.1 Å². The summed E-state index contributed by atoms with van der Waals surface area (Å²) in [5.74, 6) is 1.38. The fraction of sp³-hybridized carbons (Fsp3) is 0.481. The van der Waals surface area contributed by atoms with Gasteiger partial charge in [-0.1, -0.05) is 57.5 Å². The second-order valence-electron chi connectivity index (χ2n) is 11.3. The van der Waals surface area contributed by atoms with Crippen LogP contribution in [0.3, 0.4) is 0 Å². The summed E-state index contributed by atoms with van der Waals surface area (Å²) in [6.07, 6.45) is 3.62. The number of nitrogens with zero attached hydrogens (tertiary/aromatic N) is 1. The van der Waals surface area contributed by atoms with Crippen molar-refractivity contribution in [1.82, 2.24) is 0 Å². The summed E-state index contributed by atoms with van der Waals surface area (Å²) < 4.78 is 28.7. The van der Waals surface area contributed by atoms with E-state index < -0.39 is 21.1 Å². The molecular weight excluding hydrogens is 586 g/mol. The minimum Gasteiger partial charge on any atom is -0.495 e. The quantitative estimate of drug-likeness (QED) is 0.0467. The molecule has 8 nitrogen and oxygen atoms in total. The number of rotatable bonds is 16. The van der Waals surface area contributed by atoms with E-state index >= 15 is 0 Å². The monoisotopic (exact) mass is 625 g/mol. The van der Waals surface area contributed by atoms with Crippen LogP contribution in [0.25, 0.3) is 12.2 Å². The van der Waals surface area contributed by atoms with Crippen LogP contribution < -0.4 is 14.2 Å². The third-order valence-electron chi connectivity index (χ3n) is 5.50. The molecular formula is C27H40BrNO7Si2. The van der Waals surface area contributed by atoms with E-state index in [0.717, 1.165) is 22.1 Å². The summed E-state index contributed by atoms with van der Waals surface area (Å²) >= 11 is 3.57. The standard InChI is InChI=1S/C27H40BrNO7Si2/c1-32-26-18-23(35-19-33-12-14-37(2,3)4)17-22(27(26)28)10-8-21-9-11-25(24(16-21)29(30)31)36-20-34-13-15-38(5,6)7/h8-11,16-18H,12-15,19-20H2,1-7H3. The second-order valence-corrected chi connectivity index (χ2v) is 23.3. The SMILES string of the molecule is COc1cc(OCOCC[Si](C)(C)C)cc(C=Cc2ccc(OCOCC[Si](C)(C)C)c([N+](=O)[O-])c2)c1Br. The number of benzene rings is 2. The van der Waals surface area contributed by atoms with Gasteiger partial charge >= 0.3 is 5.69 Å². The molecule has 0 atom stereocenters. The molecule has 2 rings (SSSR count). The van der Waals surface area contributed by atoms with Crippen LogP contribution in [0.5, 0.6) is 17.2 Å². The van der Waals surface area contributed by atoms with E-state index in [1.165, 1.54) is 6.07 Å². The molecule has 2 aromatic carbocycles. The van der Waals surface area contributed by atoms with Crippen molar-refractivity contribution in [2.75, 3.05) is 33.9 Å². The number of methoxy groups -OCH3 is 1. The Morgan fingerprint density at radius 2 is 1.47 bits per heavy atom. The van der Waals surface area contributed by atoms with Crippen molar-refractivity contribution in [3.63, 3.8) is 0 Å². The first-order chi connectivity index (χ1) is 17.8. The first-order valence-electron chi connectivity index (χ1n) is 12.5. The van der Waals surface area contributed by atoms with Crippen molar-refractivity contribution in [2.24, 2.45) is 0 Å². The zero-order chi connectivity index (χ0) is 28.3. The minimum atomic E-state index is -1.21. The van der Waals surface area contributed by atoms with Crippen LogP contribution >= 0.6 is 15.9 Å². The molecule has 0 heterocycles. The van der Waals surface area contributed by atoms with Crippen molar-refractivity contribution in [3.8, 4) is 17.2 Å². The topological polar surface area (TPSA) is 89.3 Å². The van der Waals surface area contributed by atoms with Gasteiger partial charge < -0.3 is 23.7 Å². The average Bonchev–Trinajstić information content (AvgIpc) is 2.82. The average molecular weight is 627 g/mol. The third-order valence-corrected chi connectivity index (χ3v) is 9.75. The molecule has 38 heavy (non-hydrogen) atoms. The van der Waals surface area contributed by atoms with E-state index in [1.54, 1.807) is 31.4 Å². The number of halogens is 1. The molecule has 0 amide bonds. The van der Waals surface area contributed by atoms with Crippen molar-refractivity contribution < 1.29 is 28.6 Å². The Morgan fingerprint density at radius 1 is 0.868 bits per heavy atom. The van der Waals surface area contributed by atoms with Crippen molar-refractivity contribution in [1.29, 1.82) is 0 Å². The number of nitro groups is 1. The molecule has 0 bridgehead atoms. The molecule has 0 unspecified atom stereocenters. The Morgan fingerprint density at radius 3 is 2.03 bits per heavy atom. The largest absolute Gasteiger partial charge is 0.495 e. The smallest absolute Gasteiger partial charge is 0.311 e. The lowest BCUT2D eigenvalue weighted by Gasteiger charge is -2.16. The number of hydrogen-bond donors (Lipinski definition) is 0. The summed E-state index contributed by atoms with van der Waals surface area (Å²) in [6, 6.07) is 10.5. The molecule has 0 N–H and O–H groups in total. The Labute approximate surface area is 236 Å². The van der Waals surface area contributed by atoms with Gasteiger partial charge in [0.1, 0.15) is 11.5 Å². The number of nitro benzene ring substituents is 1. The van der Waals surface area contributed by atoms with Gasteiger partial charge in [0.25, 0.3) is 0 Å². The normalized spacial score (nSPS) is 12.1. The van der Waals surface area contributed by atoms with Gasteiger partial charge in [-0.3, -0.25) is 10.1 Å². The zero-order valence-electron chi connectivity index (χ0n) is 23.5. The highest BCUT2D eigenvalue weighted by molar-refractivity contribution is 9.10. The lowest BCUT2D eigenvalue weighted by atomic mass is 10.1. The molecule has 0 radical (unpaired) electrons. The molecule has 210 valence electrons. The van der Waals surface area contributed by atoms with E-state index in [0.29, 0.717) is 30.3 Å². The van der Waals surface area contributed by atoms with Gasteiger partial charge in [0, 0.05) is 41.5 Å². The first-order valence-corrected chi connectivity index (χ1v) is 20.7. The number of hydrogen-bond acceptors (Lipinski definition) is 7. The van der Waals surface area contributed by atoms with Crippen molar-refractivity contribution >= 4 is 49.9 Å². The van der Waals surface area contributed by atoms with Gasteiger partial charge in [-0.05, 0) is 51.3 Å². The van der Waals surface area contributed by atoms with Crippen molar-refractivity contribution in [3.05, 3.63) is 56.0 Å². The maximum Gasteiger partial charge on any atom is 0.311 e. The van der Waals surface area contributed by atoms with E-state index in [-0.39, 0.29) is 25.0 Å². The molecule has 0 spiro atoms. The fourth-order valence-electron chi connectivity index (χ4n) is 3.12. The van der Waals surface area contributed by atoms with E-state index in [4.69, 9.17) is 23.7 Å². The molecule has 2 aromatic rings. The predicted molar refractivity (Wildman–Crippen MR) is 162 cm³/mol. The van der Waals surface area contributed by atoms with Gasteiger partial charge in [0.2, 0.25) is 0 Å². The lowest BCUT2D eigenvalue weighted by molar-refractivity contribution is -0.386. The van der Waals surface area contributed by atoms with Crippen LogP contribution in [0.15, 0.2) is 34.8 Å². The highest BCUT2D eigenvalue weighted by Crippen LogP contribution is 2.35. The molecule has 0 saturated carbocycles. The Balaban J connectivity index is 2.10. The van der Waals surface area contributed by atoms with Gasteiger partial charge in [-0.25, -0.2) is 0 Å². The molecule has 11 heteroatoms. The maximum absolute atomic E-state index is 11.7. The van der Waals surface area contributed by atoms with Crippen molar-refractivity contribution in [2.45, 2.75) is 51.4 Å². The van der Waals surface area contributed by atoms with Gasteiger partial charge in [0.15, 0.2) is 19.3 Å². The second kappa shape index (κ2) is 14.8. The maximum atomic E-state index is 11.7. The van der Waals surface area contributed by atoms with Crippen LogP contribution in [0.2, 0.25) is 51.4 Å². The molecule has 0 aliphatic heterocycles. The summed E-state index contributed by atoms with van der Waals surface area (Å²) in [5.41, 5.74) is 1.32. The Hall–Kier alpha value is -2.19. The summed E-state index contributed by atoms with van der Waals surface area (Å²) in [4.78, 5) is 11.2. The van der Waals surface area contributed by atoms with E-state index in [2.05, 4.69) is 55.2 Å². The summed E-state index contributed by atoms with van der Waals surface area (Å²) in [6.45, 7) is 15.1. The highest BCUT2D eigenvalue weighted by atomic mass is 79.9. The summed E-state index contributed by atoms with van der Waals surface area (Å²) in [5, 5.41) is 11.7. The van der Waals surface area contributed by atoms with E-state index in [1.807, 2.05) is 12.1 Å². The van der Waals surface area contributed by atoms with Crippen LogP contribution in [-0.2, 0) is 9.47 Å². The first kappa shape index (κ1) is 32.0. The zero-order valence-corrected chi connectivity index (χ0v) is 27.1. The minimum absolute atomic E-state index is 0.0259. The molecule has 0 saturated heterocycles. The fourth-order valence-corrected chi connectivity index (χ4v) is 5.16. The molecule has 0 fully saturated rings. The molecule has 0 aliphatic carbocycles. The lowest BCUT2D eigenvalue weighted by Crippen LogP contribution is -2.22. The molecule has 0 aromatic heterocycles. The van der Waals surface area contributed by atoms with Crippen LogP contribution in [0.4, 0.5) is 5.69 Å². The van der Waals surface area contributed by atoms with Gasteiger partial charge in [-0.15, -0.1) is 0 Å². The van der Waals surface area contributed by atoms with Gasteiger partial charge in [0.05, 0.1) is 16.5 Å². The van der Waals surface area contributed by atoms with Gasteiger partial charge in [-0.2, -0.15) is 0 Å².